The maximum Gasteiger partial charge on any atom is 0.278 e. The number of aromatic nitrogens is 5. The SMILES string of the molecule is CC(C)c1cc(C(=O)Nc2nc(C3CCNCC3)nn2C)nn1C. The predicted octanol–water partition coefficient (Wildman–Crippen LogP) is 1.39. The summed E-state index contributed by atoms with van der Waals surface area (Å²) in [5.41, 5.74) is 1.42. The Morgan fingerprint density at radius 2 is 1.96 bits per heavy atom. The molecule has 24 heavy (non-hydrogen) atoms. The molecule has 0 atom stereocenters. The van der Waals surface area contributed by atoms with Crippen molar-refractivity contribution in [1.82, 2.24) is 29.9 Å². The minimum Gasteiger partial charge on any atom is -0.317 e. The maximum absolute atomic E-state index is 12.5. The number of piperidine rings is 1. The Bertz CT molecular complexity index is 725. The molecular weight excluding hydrogens is 306 g/mol. The van der Waals surface area contributed by atoms with Crippen LogP contribution in [0.4, 0.5) is 5.95 Å². The number of amides is 1. The van der Waals surface area contributed by atoms with Crippen LogP contribution in [0.25, 0.3) is 0 Å². The highest BCUT2D eigenvalue weighted by Gasteiger charge is 2.22. The quantitative estimate of drug-likeness (QED) is 0.884. The number of nitrogens with one attached hydrogen (secondary N) is 2. The van der Waals surface area contributed by atoms with Crippen LogP contribution in [0.15, 0.2) is 6.07 Å². The number of aryl methyl sites for hydroxylation is 2. The monoisotopic (exact) mass is 331 g/mol. The molecule has 0 spiro atoms. The van der Waals surface area contributed by atoms with Gasteiger partial charge in [-0.05, 0) is 37.9 Å². The number of hydrogen-bond acceptors (Lipinski definition) is 5. The largest absolute Gasteiger partial charge is 0.317 e. The fourth-order valence-corrected chi connectivity index (χ4v) is 3.06. The molecule has 130 valence electrons. The minimum absolute atomic E-state index is 0.259. The molecule has 1 saturated heterocycles. The van der Waals surface area contributed by atoms with Crippen LogP contribution in [0.5, 0.6) is 0 Å². The zero-order valence-electron chi connectivity index (χ0n) is 14.7. The molecule has 2 N–H and O–H groups in total. The Labute approximate surface area is 141 Å². The fraction of sp³-hybridized carbons (Fsp3) is 0.625. The average Bonchev–Trinajstić information content (AvgIpc) is 3.12. The number of hydrogen-bond donors (Lipinski definition) is 2. The van der Waals surface area contributed by atoms with E-state index in [1.54, 1.807) is 16.4 Å². The van der Waals surface area contributed by atoms with Crippen molar-refractivity contribution in [3.8, 4) is 0 Å². The maximum atomic E-state index is 12.5. The second-order valence-electron chi connectivity index (χ2n) is 6.63. The van der Waals surface area contributed by atoms with Crippen LogP contribution in [0.1, 0.15) is 60.5 Å². The molecule has 2 aromatic heterocycles. The third-order valence-corrected chi connectivity index (χ3v) is 4.45. The number of anilines is 1. The molecule has 8 heteroatoms. The van der Waals surface area contributed by atoms with E-state index in [1.165, 1.54) is 0 Å². The van der Waals surface area contributed by atoms with Gasteiger partial charge in [0.25, 0.3) is 5.91 Å². The van der Waals surface area contributed by atoms with E-state index in [1.807, 2.05) is 13.1 Å². The summed E-state index contributed by atoms with van der Waals surface area (Å²) in [4.78, 5) is 17.0. The van der Waals surface area contributed by atoms with E-state index in [2.05, 4.69) is 39.7 Å². The molecule has 2 aromatic rings. The third-order valence-electron chi connectivity index (χ3n) is 4.45. The summed E-state index contributed by atoms with van der Waals surface area (Å²) >= 11 is 0. The molecule has 0 aliphatic carbocycles. The first kappa shape index (κ1) is 16.6. The minimum atomic E-state index is -0.259. The molecule has 3 rings (SSSR count). The van der Waals surface area contributed by atoms with Gasteiger partial charge in [-0.15, -0.1) is 0 Å². The fourth-order valence-electron chi connectivity index (χ4n) is 3.06. The number of nitrogens with zero attached hydrogens (tertiary/aromatic N) is 5. The number of rotatable bonds is 4. The second-order valence-corrected chi connectivity index (χ2v) is 6.63. The molecule has 1 aliphatic heterocycles. The molecule has 0 saturated carbocycles. The van der Waals surface area contributed by atoms with Gasteiger partial charge in [0.1, 0.15) is 0 Å². The summed E-state index contributed by atoms with van der Waals surface area (Å²) in [5.74, 6) is 1.67. The first-order valence-corrected chi connectivity index (χ1v) is 8.42. The first-order valence-electron chi connectivity index (χ1n) is 8.42. The summed E-state index contributed by atoms with van der Waals surface area (Å²) in [6.45, 7) is 6.12. The number of carbonyl (C=O) groups is 1. The van der Waals surface area contributed by atoms with E-state index in [4.69, 9.17) is 0 Å². The van der Waals surface area contributed by atoms with Crippen LogP contribution in [-0.2, 0) is 14.1 Å². The van der Waals surface area contributed by atoms with Crippen molar-refractivity contribution in [2.24, 2.45) is 14.1 Å². The van der Waals surface area contributed by atoms with E-state index in [0.717, 1.165) is 37.4 Å². The summed E-state index contributed by atoms with van der Waals surface area (Å²) in [7, 11) is 3.65. The Hall–Kier alpha value is -2.22. The molecule has 1 fully saturated rings. The highest BCUT2D eigenvalue weighted by molar-refractivity contribution is 6.01. The third kappa shape index (κ3) is 3.33. The van der Waals surface area contributed by atoms with Crippen LogP contribution < -0.4 is 10.6 Å². The van der Waals surface area contributed by atoms with Gasteiger partial charge < -0.3 is 5.32 Å². The predicted molar refractivity (Wildman–Crippen MR) is 91.1 cm³/mol. The lowest BCUT2D eigenvalue weighted by Gasteiger charge is -2.19. The topological polar surface area (TPSA) is 89.7 Å². The van der Waals surface area contributed by atoms with Gasteiger partial charge in [0, 0.05) is 25.7 Å². The summed E-state index contributed by atoms with van der Waals surface area (Å²) < 4.78 is 3.37. The van der Waals surface area contributed by atoms with Crippen molar-refractivity contribution in [3.63, 3.8) is 0 Å². The van der Waals surface area contributed by atoms with Gasteiger partial charge in [-0.25, -0.2) is 4.68 Å². The molecule has 0 unspecified atom stereocenters. The van der Waals surface area contributed by atoms with Crippen LogP contribution in [-0.4, -0.2) is 43.5 Å². The molecule has 0 aromatic carbocycles. The summed E-state index contributed by atoms with van der Waals surface area (Å²) in [6, 6.07) is 1.82. The Kier molecular flexibility index (Phi) is 4.66. The standard InChI is InChI=1S/C16H25N7O/c1-10(2)13-9-12(20-22(13)3)15(24)19-16-18-14(21-23(16)4)11-5-7-17-8-6-11/h9-11,17H,5-8H2,1-4H3,(H,18,19,21,24). The highest BCUT2D eigenvalue weighted by Crippen LogP contribution is 2.23. The zero-order valence-corrected chi connectivity index (χ0v) is 14.7. The van der Waals surface area contributed by atoms with E-state index in [-0.39, 0.29) is 5.91 Å². The van der Waals surface area contributed by atoms with Gasteiger partial charge in [0.15, 0.2) is 11.5 Å². The zero-order chi connectivity index (χ0) is 17.3. The normalized spacial score (nSPS) is 15.9. The van der Waals surface area contributed by atoms with Crippen molar-refractivity contribution in [1.29, 1.82) is 0 Å². The van der Waals surface area contributed by atoms with Gasteiger partial charge in [0.05, 0.1) is 0 Å². The smallest absolute Gasteiger partial charge is 0.278 e. The Balaban J connectivity index is 1.74. The van der Waals surface area contributed by atoms with E-state index in [0.29, 0.717) is 23.5 Å². The Morgan fingerprint density at radius 3 is 2.58 bits per heavy atom. The molecule has 0 radical (unpaired) electrons. The lowest BCUT2D eigenvalue weighted by Crippen LogP contribution is -2.27. The average molecular weight is 331 g/mol. The van der Waals surface area contributed by atoms with Crippen molar-refractivity contribution >= 4 is 11.9 Å². The lowest BCUT2D eigenvalue weighted by atomic mass is 9.98. The van der Waals surface area contributed by atoms with Crippen LogP contribution in [0.2, 0.25) is 0 Å². The van der Waals surface area contributed by atoms with Gasteiger partial charge >= 0.3 is 0 Å². The van der Waals surface area contributed by atoms with Crippen molar-refractivity contribution in [2.75, 3.05) is 18.4 Å². The highest BCUT2D eigenvalue weighted by atomic mass is 16.2. The molecule has 8 nitrogen and oxygen atoms in total. The van der Waals surface area contributed by atoms with Gasteiger partial charge in [0.2, 0.25) is 5.95 Å². The Morgan fingerprint density at radius 1 is 1.25 bits per heavy atom. The molecule has 1 aliphatic rings. The summed E-state index contributed by atoms with van der Waals surface area (Å²) in [6.07, 6.45) is 2.05. The van der Waals surface area contributed by atoms with E-state index < -0.39 is 0 Å². The summed E-state index contributed by atoms with van der Waals surface area (Å²) in [5, 5.41) is 14.9. The van der Waals surface area contributed by atoms with Gasteiger partial charge in [-0.1, -0.05) is 13.8 Å². The number of carbonyl (C=O) groups excluding carboxylic acids is 1. The lowest BCUT2D eigenvalue weighted by molar-refractivity contribution is 0.102. The van der Waals surface area contributed by atoms with Gasteiger partial charge in [-0.3, -0.25) is 14.8 Å². The molecule has 1 amide bonds. The van der Waals surface area contributed by atoms with Crippen LogP contribution >= 0.6 is 0 Å². The van der Waals surface area contributed by atoms with Crippen LogP contribution in [0.3, 0.4) is 0 Å². The van der Waals surface area contributed by atoms with Crippen molar-refractivity contribution in [2.45, 2.75) is 38.5 Å². The van der Waals surface area contributed by atoms with Crippen LogP contribution in [0, 0.1) is 0 Å². The molecular formula is C16H25N7O. The van der Waals surface area contributed by atoms with E-state index in [9.17, 15) is 4.79 Å². The second kappa shape index (κ2) is 6.72. The molecule has 0 bridgehead atoms. The van der Waals surface area contributed by atoms with E-state index >= 15 is 0 Å². The van der Waals surface area contributed by atoms with Crippen molar-refractivity contribution in [3.05, 3.63) is 23.3 Å². The van der Waals surface area contributed by atoms with Gasteiger partial charge in [-0.2, -0.15) is 15.2 Å². The first-order chi connectivity index (χ1) is 11.5. The van der Waals surface area contributed by atoms with Crippen molar-refractivity contribution < 1.29 is 4.79 Å². The molecule has 3 heterocycles.